The number of aliphatic hydroxyl groups excluding tert-OH is 1. The van der Waals surface area contributed by atoms with Crippen LogP contribution in [-0.2, 0) is 9.47 Å². The summed E-state index contributed by atoms with van der Waals surface area (Å²) < 4.78 is 15.7. The van der Waals surface area contributed by atoms with E-state index in [2.05, 4.69) is 0 Å². The molecule has 2 atom stereocenters. The lowest BCUT2D eigenvalue weighted by Crippen LogP contribution is -2.45. The van der Waals surface area contributed by atoms with Crippen LogP contribution in [0.4, 0.5) is 21.0 Å². The van der Waals surface area contributed by atoms with Gasteiger partial charge in [0.05, 0.1) is 24.5 Å². The molecule has 1 aromatic rings. The quantitative estimate of drug-likeness (QED) is 0.866. The van der Waals surface area contributed by atoms with Crippen LogP contribution in [0, 0.1) is 0 Å². The van der Waals surface area contributed by atoms with Gasteiger partial charge in [0.1, 0.15) is 25.0 Å². The minimum atomic E-state index is -0.589. The van der Waals surface area contributed by atoms with E-state index < -0.39 is 18.3 Å². The molecule has 3 heterocycles. The molecule has 8 nitrogen and oxygen atoms in total. The van der Waals surface area contributed by atoms with E-state index in [1.165, 1.54) is 9.80 Å². The Bertz CT molecular complexity index is 648. The van der Waals surface area contributed by atoms with Crippen molar-refractivity contribution in [2.24, 2.45) is 0 Å². The first-order chi connectivity index (χ1) is 10.7. The zero-order valence-electron chi connectivity index (χ0n) is 11.6. The van der Waals surface area contributed by atoms with Crippen molar-refractivity contribution in [1.82, 2.24) is 0 Å². The maximum atomic E-state index is 12.0. The maximum absolute atomic E-state index is 12.0. The summed E-state index contributed by atoms with van der Waals surface area (Å²) in [5.74, 6) is 0.504. The summed E-state index contributed by atoms with van der Waals surface area (Å²) in [5, 5.41) is 9.27. The molecule has 116 valence electrons. The Kier molecular flexibility index (Phi) is 2.86. The Hall–Kier alpha value is -2.48. The van der Waals surface area contributed by atoms with Crippen molar-refractivity contribution in [3.05, 3.63) is 18.2 Å². The van der Waals surface area contributed by atoms with Gasteiger partial charge in [-0.05, 0) is 12.1 Å². The zero-order chi connectivity index (χ0) is 15.3. The van der Waals surface area contributed by atoms with Crippen LogP contribution >= 0.6 is 0 Å². The summed E-state index contributed by atoms with van der Waals surface area (Å²) in [6.45, 7) is 0.829. The van der Waals surface area contributed by atoms with Crippen molar-refractivity contribution >= 4 is 23.6 Å². The van der Waals surface area contributed by atoms with Gasteiger partial charge in [-0.25, -0.2) is 9.59 Å². The van der Waals surface area contributed by atoms with Gasteiger partial charge in [-0.15, -0.1) is 0 Å². The molecule has 0 bridgehead atoms. The van der Waals surface area contributed by atoms with Gasteiger partial charge < -0.3 is 19.3 Å². The Morgan fingerprint density at radius 2 is 2.09 bits per heavy atom. The smallest absolute Gasteiger partial charge is 0.415 e. The van der Waals surface area contributed by atoms with Gasteiger partial charge in [0.25, 0.3) is 0 Å². The highest BCUT2D eigenvalue weighted by Gasteiger charge is 2.46. The standard InChI is InChI=1S/C14H14N2O6/c17-6-12-10-7-21-11-5-8(15-3-4-20-13(15)18)1-2-9(11)16(10)14(19)22-12/h1-2,5,10,12,17H,3-4,6-7H2/t10-,12-/m0/s1. The van der Waals surface area contributed by atoms with E-state index in [1.807, 2.05) is 0 Å². The van der Waals surface area contributed by atoms with Gasteiger partial charge in [0.2, 0.25) is 0 Å². The molecule has 3 aliphatic rings. The predicted molar refractivity (Wildman–Crippen MR) is 74.3 cm³/mol. The lowest BCUT2D eigenvalue weighted by Gasteiger charge is -2.31. The number of rotatable bonds is 2. The number of anilines is 2. The SMILES string of the molecule is O=C1OCCN1c1ccc2c(c1)OC[C@H]1[C@H](CO)OC(=O)N21. The molecule has 0 aromatic heterocycles. The topological polar surface area (TPSA) is 88.5 Å². The van der Waals surface area contributed by atoms with Crippen LogP contribution in [0.5, 0.6) is 5.75 Å². The largest absolute Gasteiger partial charge is 0.489 e. The average Bonchev–Trinajstić information content (AvgIpc) is 3.10. The molecule has 4 rings (SSSR count). The van der Waals surface area contributed by atoms with Crippen LogP contribution < -0.4 is 14.5 Å². The van der Waals surface area contributed by atoms with Crippen LogP contribution in [0.15, 0.2) is 18.2 Å². The summed E-state index contributed by atoms with van der Waals surface area (Å²) in [5.41, 5.74) is 1.24. The predicted octanol–water partition coefficient (Wildman–Crippen LogP) is 0.722. The van der Waals surface area contributed by atoms with Crippen molar-refractivity contribution in [2.45, 2.75) is 12.1 Å². The fourth-order valence-electron chi connectivity index (χ4n) is 2.97. The molecule has 0 aliphatic carbocycles. The number of carbonyl (C=O) groups is 2. The molecule has 8 heteroatoms. The zero-order valence-corrected chi connectivity index (χ0v) is 11.6. The maximum Gasteiger partial charge on any atom is 0.415 e. The highest BCUT2D eigenvalue weighted by Crippen LogP contribution is 2.41. The average molecular weight is 306 g/mol. The monoisotopic (exact) mass is 306 g/mol. The lowest BCUT2D eigenvalue weighted by atomic mass is 10.1. The van der Waals surface area contributed by atoms with E-state index in [-0.39, 0.29) is 19.3 Å². The molecular formula is C14H14N2O6. The van der Waals surface area contributed by atoms with Gasteiger partial charge in [-0.1, -0.05) is 0 Å². The lowest BCUT2D eigenvalue weighted by molar-refractivity contribution is 0.0734. The molecule has 0 spiro atoms. The molecule has 2 fully saturated rings. The molecule has 2 amide bonds. The van der Waals surface area contributed by atoms with Gasteiger partial charge in [0.15, 0.2) is 6.10 Å². The molecule has 1 aromatic carbocycles. The number of hydrogen-bond acceptors (Lipinski definition) is 6. The number of nitrogens with zero attached hydrogens (tertiary/aromatic N) is 2. The highest BCUT2D eigenvalue weighted by atomic mass is 16.6. The van der Waals surface area contributed by atoms with E-state index in [9.17, 15) is 14.7 Å². The van der Waals surface area contributed by atoms with Crippen LogP contribution in [0.2, 0.25) is 0 Å². The van der Waals surface area contributed by atoms with Gasteiger partial charge in [-0.3, -0.25) is 9.80 Å². The summed E-state index contributed by atoms with van der Waals surface area (Å²) in [7, 11) is 0. The fourth-order valence-corrected chi connectivity index (χ4v) is 2.97. The number of benzene rings is 1. The Labute approximate surface area is 125 Å². The molecule has 0 unspecified atom stereocenters. The first-order valence-corrected chi connectivity index (χ1v) is 7.01. The van der Waals surface area contributed by atoms with Crippen molar-refractivity contribution in [2.75, 3.05) is 36.2 Å². The number of fused-ring (bicyclic) bond motifs is 3. The van der Waals surface area contributed by atoms with Crippen molar-refractivity contribution < 1.29 is 28.9 Å². The fraction of sp³-hybridized carbons (Fsp3) is 0.429. The molecular weight excluding hydrogens is 292 g/mol. The normalized spacial score (nSPS) is 26.2. The third kappa shape index (κ3) is 1.80. The molecule has 22 heavy (non-hydrogen) atoms. The number of ether oxygens (including phenoxy) is 3. The van der Waals surface area contributed by atoms with Crippen LogP contribution in [-0.4, -0.2) is 55.8 Å². The molecule has 3 aliphatic heterocycles. The molecule has 2 saturated heterocycles. The second kappa shape index (κ2) is 4.77. The minimum absolute atomic E-state index is 0.234. The van der Waals surface area contributed by atoms with Crippen molar-refractivity contribution in [3.63, 3.8) is 0 Å². The van der Waals surface area contributed by atoms with E-state index in [0.29, 0.717) is 30.3 Å². The van der Waals surface area contributed by atoms with Crippen molar-refractivity contribution in [1.29, 1.82) is 0 Å². The van der Waals surface area contributed by atoms with Crippen molar-refractivity contribution in [3.8, 4) is 5.75 Å². The van der Waals surface area contributed by atoms with Crippen LogP contribution in [0.25, 0.3) is 0 Å². The summed E-state index contributed by atoms with van der Waals surface area (Å²) in [6, 6.07) is 4.81. The van der Waals surface area contributed by atoms with E-state index >= 15 is 0 Å². The van der Waals surface area contributed by atoms with Gasteiger partial charge >= 0.3 is 12.2 Å². The third-order valence-electron chi connectivity index (χ3n) is 4.07. The van der Waals surface area contributed by atoms with Gasteiger partial charge in [-0.2, -0.15) is 0 Å². The third-order valence-corrected chi connectivity index (χ3v) is 4.07. The van der Waals surface area contributed by atoms with E-state index in [0.717, 1.165) is 0 Å². The number of aliphatic hydroxyl groups is 1. The number of hydrogen-bond donors (Lipinski definition) is 1. The minimum Gasteiger partial charge on any atom is -0.489 e. The second-order valence-corrected chi connectivity index (χ2v) is 5.27. The molecule has 0 radical (unpaired) electrons. The summed E-state index contributed by atoms with van der Waals surface area (Å²) in [6.07, 6.45) is -1.48. The highest BCUT2D eigenvalue weighted by molar-refractivity contribution is 5.95. The van der Waals surface area contributed by atoms with Crippen LogP contribution in [0.3, 0.4) is 0 Å². The Morgan fingerprint density at radius 3 is 2.82 bits per heavy atom. The number of cyclic esters (lactones) is 2. The summed E-state index contributed by atoms with van der Waals surface area (Å²) >= 11 is 0. The molecule has 1 N–H and O–H groups in total. The van der Waals surface area contributed by atoms with E-state index in [4.69, 9.17) is 14.2 Å². The molecule has 0 saturated carbocycles. The first kappa shape index (κ1) is 13.2. The van der Waals surface area contributed by atoms with Crippen LogP contribution in [0.1, 0.15) is 0 Å². The number of amides is 2. The summed E-state index contributed by atoms with van der Waals surface area (Å²) in [4.78, 5) is 26.6. The second-order valence-electron chi connectivity index (χ2n) is 5.27. The number of carbonyl (C=O) groups excluding carboxylic acids is 2. The van der Waals surface area contributed by atoms with E-state index in [1.54, 1.807) is 18.2 Å². The van der Waals surface area contributed by atoms with Gasteiger partial charge in [0, 0.05) is 6.07 Å². The Balaban J connectivity index is 1.68. The Morgan fingerprint density at radius 1 is 1.23 bits per heavy atom. The first-order valence-electron chi connectivity index (χ1n) is 7.01.